The molecule has 0 bridgehead atoms. The lowest BCUT2D eigenvalue weighted by Gasteiger charge is -2.15. The van der Waals surface area contributed by atoms with Gasteiger partial charge in [0.15, 0.2) is 0 Å². The van der Waals surface area contributed by atoms with E-state index >= 15 is 0 Å². The van der Waals surface area contributed by atoms with Gasteiger partial charge in [-0.05, 0) is 25.0 Å². The number of methoxy groups -OCH3 is 1. The molecule has 7 nitrogen and oxygen atoms in total. The van der Waals surface area contributed by atoms with Crippen LogP contribution >= 0.6 is 0 Å². The van der Waals surface area contributed by atoms with Gasteiger partial charge in [-0.25, -0.2) is 4.68 Å². The molecule has 1 amide bonds. The monoisotopic (exact) mass is 303 g/mol. The lowest BCUT2D eigenvalue weighted by atomic mass is 10.1. The van der Waals surface area contributed by atoms with Crippen LogP contribution in [-0.4, -0.2) is 34.7 Å². The molecule has 1 atom stereocenters. The van der Waals surface area contributed by atoms with E-state index in [0.717, 1.165) is 12.8 Å². The Morgan fingerprint density at radius 2 is 2.14 bits per heavy atom. The van der Waals surface area contributed by atoms with Crippen LogP contribution in [0.25, 0.3) is 10.9 Å². The molecule has 1 aliphatic rings. The number of nitrogens with one attached hydrogen (secondary N) is 2. The molecule has 1 aliphatic heterocycles. The average Bonchev–Trinajstić information content (AvgIpc) is 2.70. The first-order chi connectivity index (χ1) is 10.6. The first kappa shape index (κ1) is 14.4. The number of aromatic amines is 1. The molecule has 2 N–H and O–H groups in total. The van der Waals surface area contributed by atoms with E-state index in [2.05, 4.69) is 10.4 Å². The number of ether oxygens (including phenoxy) is 1. The van der Waals surface area contributed by atoms with Crippen molar-refractivity contribution < 1.29 is 14.3 Å². The standard InChI is InChI=1S/C15H17N3O4/c1-22-9-6-7-10-12(8-9)18(17-14(10)20)15(21)11-4-2-3-5-13(19)16-11/h6-8,11H,2-5H2,1H3,(H,16,19)(H,17,20). The lowest BCUT2D eigenvalue weighted by Crippen LogP contribution is -2.42. The van der Waals surface area contributed by atoms with Gasteiger partial charge in [0.1, 0.15) is 11.8 Å². The van der Waals surface area contributed by atoms with Crippen LogP contribution in [0.2, 0.25) is 0 Å². The highest BCUT2D eigenvalue weighted by Gasteiger charge is 2.26. The van der Waals surface area contributed by atoms with E-state index in [1.54, 1.807) is 18.2 Å². The smallest absolute Gasteiger partial charge is 0.272 e. The first-order valence-electron chi connectivity index (χ1n) is 7.22. The summed E-state index contributed by atoms with van der Waals surface area (Å²) >= 11 is 0. The third-order valence-corrected chi connectivity index (χ3v) is 3.90. The summed E-state index contributed by atoms with van der Waals surface area (Å²) < 4.78 is 6.34. The zero-order valence-electron chi connectivity index (χ0n) is 12.2. The van der Waals surface area contributed by atoms with Crippen molar-refractivity contribution in [2.45, 2.75) is 31.7 Å². The zero-order chi connectivity index (χ0) is 15.7. The lowest BCUT2D eigenvalue weighted by molar-refractivity contribution is -0.121. The van der Waals surface area contributed by atoms with Crippen LogP contribution in [0.1, 0.15) is 30.5 Å². The van der Waals surface area contributed by atoms with E-state index in [1.165, 1.54) is 11.8 Å². The second-order valence-electron chi connectivity index (χ2n) is 5.36. The zero-order valence-corrected chi connectivity index (χ0v) is 12.2. The van der Waals surface area contributed by atoms with Gasteiger partial charge in [0.2, 0.25) is 5.91 Å². The molecule has 22 heavy (non-hydrogen) atoms. The van der Waals surface area contributed by atoms with Gasteiger partial charge in [-0.1, -0.05) is 6.42 Å². The number of hydrogen-bond donors (Lipinski definition) is 2. The fourth-order valence-electron chi connectivity index (χ4n) is 2.72. The molecule has 1 aromatic carbocycles. The summed E-state index contributed by atoms with van der Waals surface area (Å²) in [4.78, 5) is 36.3. The van der Waals surface area contributed by atoms with E-state index in [1.807, 2.05) is 0 Å². The van der Waals surface area contributed by atoms with Crippen LogP contribution in [-0.2, 0) is 4.79 Å². The molecule has 0 radical (unpaired) electrons. The van der Waals surface area contributed by atoms with E-state index < -0.39 is 6.04 Å². The van der Waals surface area contributed by atoms with Crippen LogP contribution in [0.15, 0.2) is 23.0 Å². The molecule has 2 aromatic rings. The van der Waals surface area contributed by atoms with Crippen LogP contribution in [0, 0.1) is 0 Å². The number of amides is 1. The third-order valence-electron chi connectivity index (χ3n) is 3.90. The second-order valence-corrected chi connectivity index (χ2v) is 5.36. The van der Waals surface area contributed by atoms with Crippen molar-refractivity contribution in [2.24, 2.45) is 0 Å². The van der Waals surface area contributed by atoms with Crippen molar-refractivity contribution >= 4 is 22.7 Å². The summed E-state index contributed by atoms with van der Waals surface area (Å²) in [5.41, 5.74) is 0.110. The minimum Gasteiger partial charge on any atom is -0.497 e. The van der Waals surface area contributed by atoms with Gasteiger partial charge in [0.05, 0.1) is 18.0 Å². The summed E-state index contributed by atoms with van der Waals surface area (Å²) in [6.07, 6.45) is 2.56. The van der Waals surface area contributed by atoms with Gasteiger partial charge >= 0.3 is 0 Å². The highest BCUT2D eigenvalue weighted by atomic mass is 16.5. The molecule has 0 saturated carbocycles. The first-order valence-corrected chi connectivity index (χ1v) is 7.22. The maximum Gasteiger partial charge on any atom is 0.272 e. The van der Waals surface area contributed by atoms with Crippen molar-refractivity contribution in [2.75, 3.05) is 7.11 Å². The molecule has 0 spiro atoms. The van der Waals surface area contributed by atoms with Crippen molar-refractivity contribution in [1.29, 1.82) is 0 Å². The summed E-state index contributed by atoms with van der Waals surface area (Å²) in [6, 6.07) is 4.29. The van der Waals surface area contributed by atoms with Crippen LogP contribution < -0.4 is 15.6 Å². The Kier molecular flexibility index (Phi) is 3.70. The Balaban J connectivity index is 2.03. The predicted molar refractivity (Wildman–Crippen MR) is 80.1 cm³/mol. The van der Waals surface area contributed by atoms with Crippen molar-refractivity contribution in [3.63, 3.8) is 0 Å². The SMILES string of the molecule is COc1ccc2c(=O)[nH]n(C(=O)C3CCCCC(=O)N3)c2c1. The number of H-pyrrole nitrogens is 1. The van der Waals surface area contributed by atoms with Crippen LogP contribution in [0.4, 0.5) is 0 Å². The number of rotatable bonds is 2. The number of aromatic nitrogens is 2. The Hall–Kier alpha value is -2.57. The van der Waals surface area contributed by atoms with Crippen molar-refractivity contribution in [3.05, 3.63) is 28.6 Å². The highest BCUT2D eigenvalue weighted by molar-refractivity contribution is 5.95. The maximum absolute atomic E-state index is 12.7. The quantitative estimate of drug-likeness (QED) is 0.866. The summed E-state index contributed by atoms with van der Waals surface area (Å²) in [5.74, 6) is 0.0841. The topological polar surface area (TPSA) is 93.2 Å². The number of hydrogen-bond acceptors (Lipinski definition) is 4. The van der Waals surface area contributed by atoms with Gasteiger partial charge in [-0.15, -0.1) is 0 Å². The molecule has 1 saturated heterocycles. The van der Waals surface area contributed by atoms with E-state index in [9.17, 15) is 14.4 Å². The molecule has 3 rings (SSSR count). The van der Waals surface area contributed by atoms with E-state index in [4.69, 9.17) is 4.74 Å². The molecule has 1 unspecified atom stereocenters. The Bertz CT molecular complexity index is 790. The fraction of sp³-hybridized carbons (Fsp3) is 0.400. The number of nitrogens with zero attached hydrogens (tertiary/aromatic N) is 1. The predicted octanol–water partition coefficient (Wildman–Crippen LogP) is 1.04. The fourth-order valence-corrected chi connectivity index (χ4v) is 2.72. The average molecular weight is 303 g/mol. The minimum absolute atomic E-state index is 0.132. The molecular formula is C15H17N3O4. The number of carbonyl (C=O) groups is 2. The van der Waals surface area contributed by atoms with Gasteiger partial charge < -0.3 is 10.1 Å². The second kappa shape index (κ2) is 5.67. The number of fused-ring (bicyclic) bond motifs is 1. The number of benzene rings is 1. The summed E-state index contributed by atoms with van der Waals surface area (Å²) in [7, 11) is 1.52. The Labute approximate surface area is 126 Å². The van der Waals surface area contributed by atoms with Gasteiger partial charge in [-0.2, -0.15) is 0 Å². The van der Waals surface area contributed by atoms with Gasteiger partial charge in [-0.3, -0.25) is 19.5 Å². The van der Waals surface area contributed by atoms with Crippen LogP contribution in [0.5, 0.6) is 5.75 Å². The molecule has 7 heteroatoms. The Morgan fingerprint density at radius 1 is 1.32 bits per heavy atom. The molecule has 2 heterocycles. The Morgan fingerprint density at radius 3 is 2.91 bits per heavy atom. The van der Waals surface area contributed by atoms with Crippen molar-refractivity contribution in [1.82, 2.24) is 15.1 Å². The number of carbonyl (C=O) groups excluding carboxylic acids is 2. The van der Waals surface area contributed by atoms with Crippen LogP contribution in [0.3, 0.4) is 0 Å². The molecule has 1 aromatic heterocycles. The largest absolute Gasteiger partial charge is 0.497 e. The summed E-state index contributed by atoms with van der Waals surface area (Å²) in [5, 5.41) is 5.67. The van der Waals surface area contributed by atoms with Gasteiger partial charge in [0.25, 0.3) is 11.5 Å². The minimum atomic E-state index is -0.618. The van der Waals surface area contributed by atoms with Gasteiger partial charge in [0, 0.05) is 12.5 Å². The summed E-state index contributed by atoms with van der Waals surface area (Å²) in [6.45, 7) is 0. The van der Waals surface area contributed by atoms with E-state index in [0.29, 0.717) is 29.5 Å². The molecule has 1 fully saturated rings. The highest BCUT2D eigenvalue weighted by Crippen LogP contribution is 2.19. The normalized spacial score (nSPS) is 18.8. The third kappa shape index (κ3) is 2.49. The molecule has 116 valence electrons. The maximum atomic E-state index is 12.7. The van der Waals surface area contributed by atoms with E-state index in [-0.39, 0.29) is 17.4 Å². The molecule has 0 aliphatic carbocycles. The van der Waals surface area contributed by atoms with Crippen molar-refractivity contribution in [3.8, 4) is 5.75 Å². The molecular weight excluding hydrogens is 286 g/mol.